The van der Waals surface area contributed by atoms with Gasteiger partial charge in [0.25, 0.3) is 5.91 Å². The number of carbonyl (C=O) groups excluding carboxylic acids is 2. The van der Waals surface area contributed by atoms with Gasteiger partial charge in [-0.25, -0.2) is 14.3 Å². The van der Waals surface area contributed by atoms with E-state index in [4.69, 9.17) is 5.11 Å². The summed E-state index contributed by atoms with van der Waals surface area (Å²) < 4.78 is 1.58. The molecule has 0 radical (unpaired) electrons. The highest BCUT2D eigenvalue weighted by Crippen LogP contribution is 2.27. The zero-order valence-electron chi connectivity index (χ0n) is 22.6. The van der Waals surface area contributed by atoms with E-state index >= 15 is 0 Å². The number of imidazole rings is 1. The molecule has 9 nitrogen and oxygen atoms in total. The van der Waals surface area contributed by atoms with Crippen LogP contribution < -0.4 is 10.6 Å². The average molecular weight is 526 g/mol. The number of aryl methyl sites for hydroxylation is 1. The van der Waals surface area contributed by atoms with Gasteiger partial charge in [0.15, 0.2) is 11.5 Å². The predicted octanol–water partition coefficient (Wildman–Crippen LogP) is 5.82. The van der Waals surface area contributed by atoms with Gasteiger partial charge in [-0.3, -0.25) is 9.59 Å². The Morgan fingerprint density at radius 1 is 1.00 bits per heavy atom. The highest BCUT2D eigenvalue weighted by Gasteiger charge is 2.22. The lowest BCUT2D eigenvalue weighted by Gasteiger charge is -2.19. The zero-order valence-corrected chi connectivity index (χ0v) is 22.6. The fourth-order valence-corrected chi connectivity index (χ4v) is 3.90. The minimum atomic E-state index is -1.03. The lowest BCUT2D eigenvalue weighted by Crippen LogP contribution is -2.27. The second kappa shape index (κ2) is 10.9. The number of carbonyl (C=O) groups is 3. The molecule has 0 aliphatic rings. The molecule has 0 bridgehead atoms. The van der Waals surface area contributed by atoms with Crippen LogP contribution in [0, 0.1) is 12.3 Å². The molecule has 3 N–H and O–H groups in total. The molecule has 0 aliphatic carbocycles. The van der Waals surface area contributed by atoms with Crippen molar-refractivity contribution in [3.8, 4) is 11.3 Å². The van der Waals surface area contributed by atoms with E-state index in [1.807, 2.05) is 52.8 Å². The summed E-state index contributed by atoms with van der Waals surface area (Å²) in [6, 6.07) is 16.0. The summed E-state index contributed by atoms with van der Waals surface area (Å²) in [7, 11) is 0. The summed E-state index contributed by atoms with van der Waals surface area (Å²) in [6.07, 6.45) is 3.43. The molecule has 0 saturated carbocycles. The number of amides is 2. The van der Waals surface area contributed by atoms with E-state index in [-0.39, 0.29) is 11.8 Å². The molecule has 4 rings (SSSR count). The van der Waals surface area contributed by atoms with Crippen LogP contribution in [0.25, 0.3) is 22.5 Å². The van der Waals surface area contributed by atoms with E-state index in [1.165, 1.54) is 0 Å². The number of hydrogen-bond acceptors (Lipinski definition) is 5. The largest absolute Gasteiger partial charge is 0.478 e. The summed E-state index contributed by atoms with van der Waals surface area (Å²) in [6.45, 7) is 9.38. The van der Waals surface area contributed by atoms with Crippen molar-refractivity contribution in [3.05, 3.63) is 83.6 Å². The third-order valence-corrected chi connectivity index (χ3v) is 6.20. The Hall–Kier alpha value is -4.79. The number of hydrogen-bond donors (Lipinski definition) is 3. The first-order valence-electron chi connectivity index (χ1n) is 12.6. The van der Waals surface area contributed by atoms with Crippen molar-refractivity contribution in [3.63, 3.8) is 0 Å². The molecule has 2 heterocycles. The van der Waals surface area contributed by atoms with Crippen LogP contribution in [-0.4, -0.2) is 37.5 Å². The smallest absolute Gasteiger partial charge is 0.328 e. The molecule has 2 aromatic carbocycles. The van der Waals surface area contributed by atoms with Gasteiger partial charge in [-0.2, -0.15) is 0 Å². The lowest BCUT2D eigenvalue weighted by atomic mass is 9.95. The van der Waals surface area contributed by atoms with Crippen molar-refractivity contribution >= 4 is 40.5 Å². The Bertz CT molecular complexity index is 1610. The molecule has 0 atom stereocenters. The monoisotopic (exact) mass is 525 g/mol. The zero-order chi connectivity index (χ0) is 28.3. The highest BCUT2D eigenvalue weighted by atomic mass is 16.4. The highest BCUT2D eigenvalue weighted by molar-refractivity contribution is 6.04. The average Bonchev–Trinajstić information content (AvgIpc) is 3.31. The van der Waals surface area contributed by atoms with Crippen LogP contribution in [0.5, 0.6) is 0 Å². The van der Waals surface area contributed by atoms with Gasteiger partial charge in [0.05, 0.1) is 11.9 Å². The molecule has 4 aromatic rings. The number of carboxylic acids is 1. The maximum absolute atomic E-state index is 12.9. The topological polar surface area (TPSA) is 126 Å². The number of benzene rings is 2. The Morgan fingerprint density at radius 3 is 2.44 bits per heavy atom. The van der Waals surface area contributed by atoms with Gasteiger partial charge < -0.3 is 15.7 Å². The van der Waals surface area contributed by atoms with Crippen LogP contribution in [0.15, 0.2) is 66.9 Å². The van der Waals surface area contributed by atoms with Crippen LogP contribution in [0.4, 0.5) is 11.5 Å². The van der Waals surface area contributed by atoms with E-state index < -0.39 is 11.4 Å². The minimum absolute atomic E-state index is 0.0748. The van der Waals surface area contributed by atoms with Crippen molar-refractivity contribution in [1.29, 1.82) is 0 Å². The molecule has 2 aromatic heterocycles. The van der Waals surface area contributed by atoms with Gasteiger partial charge in [-0.05, 0) is 60.4 Å². The summed E-state index contributed by atoms with van der Waals surface area (Å²) in [5, 5.41) is 19.4. The maximum Gasteiger partial charge on any atom is 0.328 e. The predicted molar refractivity (Wildman–Crippen MR) is 152 cm³/mol. The first kappa shape index (κ1) is 27.3. The van der Waals surface area contributed by atoms with Gasteiger partial charge in [0.2, 0.25) is 5.91 Å². The normalized spacial score (nSPS) is 11.9. The van der Waals surface area contributed by atoms with E-state index in [1.54, 1.807) is 47.1 Å². The second-order valence-electron chi connectivity index (χ2n) is 10.3. The quantitative estimate of drug-likeness (QED) is 0.261. The number of aliphatic carboxylic acids is 1. The molecule has 39 heavy (non-hydrogen) atoms. The Morgan fingerprint density at radius 2 is 1.74 bits per heavy atom. The second-order valence-corrected chi connectivity index (χ2v) is 10.3. The molecule has 0 saturated heterocycles. The van der Waals surface area contributed by atoms with Crippen LogP contribution in [0.3, 0.4) is 0 Å². The SMILES string of the molecule is CCC(=CC(=O)O)c1cccc(C(=O)Nc2ccc3nc(-c4ccc(C)c(NC(=O)C(C)(C)C)c4)cn3n2)c1. The number of allylic oxidation sites excluding steroid dienone is 1. The van der Waals surface area contributed by atoms with Crippen LogP contribution in [0.1, 0.15) is 55.6 Å². The van der Waals surface area contributed by atoms with Crippen LogP contribution >= 0.6 is 0 Å². The Balaban J connectivity index is 1.56. The van der Waals surface area contributed by atoms with Gasteiger partial charge in [-0.15, -0.1) is 5.10 Å². The Kier molecular flexibility index (Phi) is 7.62. The molecular weight excluding hydrogens is 494 g/mol. The summed E-state index contributed by atoms with van der Waals surface area (Å²) >= 11 is 0. The number of fused-ring (bicyclic) bond motifs is 1. The number of anilines is 2. The molecule has 2 amide bonds. The van der Waals surface area contributed by atoms with Crippen LogP contribution in [-0.2, 0) is 9.59 Å². The standard InChI is InChI=1S/C30H31N5O4/c1-6-19(16-27(36)37)20-8-7-9-22(14-20)28(38)33-25-12-13-26-31-24(17-35(26)34-25)21-11-10-18(2)23(15-21)32-29(39)30(3,4)5/h7-17H,6H2,1-5H3,(H,32,39)(H,36,37)(H,33,34,38). The van der Waals surface area contributed by atoms with E-state index in [2.05, 4.69) is 20.7 Å². The van der Waals surface area contributed by atoms with Gasteiger partial charge in [-0.1, -0.05) is 52.0 Å². The van der Waals surface area contributed by atoms with Crippen molar-refractivity contribution in [2.75, 3.05) is 10.6 Å². The van der Waals surface area contributed by atoms with Gasteiger partial charge in [0.1, 0.15) is 0 Å². The summed E-state index contributed by atoms with van der Waals surface area (Å²) in [5.41, 5.74) is 4.90. The van der Waals surface area contributed by atoms with Crippen molar-refractivity contribution in [1.82, 2.24) is 14.6 Å². The third kappa shape index (κ3) is 6.38. The van der Waals surface area contributed by atoms with Gasteiger partial charge >= 0.3 is 5.97 Å². The van der Waals surface area contributed by atoms with Crippen molar-refractivity contribution < 1.29 is 19.5 Å². The number of nitrogens with zero attached hydrogens (tertiary/aromatic N) is 3. The molecule has 0 aliphatic heterocycles. The van der Waals surface area contributed by atoms with E-state index in [0.29, 0.717) is 40.3 Å². The third-order valence-electron chi connectivity index (χ3n) is 6.20. The first-order valence-corrected chi connectivity index (χ1v) is 12.6. The van der Waals surface area contributed by atoms with E-state index in [9.17, 15) is 14.4 Å². The number of nitrogens with one attached hydrogen (secondary N) is 2. The Labute approximate surface area is 226 Å². The fourth-order valence-electron chi connectivity index (χ4n) is 3.90. The molecule has 200 valence electrons. The molecule has 0 unspecified atom stereocenters. The van der Waals surface area contributed by atoms with Crippen molar-refractivity contribution in [2.24, 2.45) is 5.41 Å². The molecule has 0 spiro atoms. The number of rotatable bonds is 7. The van der Waals surface area contributed by atoms with E-state index in [0.717, 1.165) is 22.9 Å². The van der Waals surface area contributed by atoms with Crippen LogP contribution in [0.2, 0.25) is 0 Å². The minimum Gasteiger partial charge on any atom is -0.478 e. The van der Waals surface area contributed by atoms with Gasteiger partial charge in [0, 0.05) is 28.3 Å². The van der Waals surface area contributed by atoms with Crippen molar-refractivity contribution in [2.45, 2.75) is 41.0 Å². The first-order chi connectivity index (χ1) is 18.4. The fraction of sp³-hybridized carbons (Fsp3) is 0.233. The molecular formula is C30H31N5O4. The maximum atomic E-state index is 12.9. The number of aromatic nitrogens is 3. The summed E-state index contributed by atoms with van der Waals surface area (Å²) in [5.74, 6) is -1.14. The molecule has 0 fully saturated rings. The summed E-state index contributed by atoms with van der Waals surface area (Å²) in [4.78, 5) is 41.2. The molecule has 9 heteroatoms. The lowest BCUT2D eigenvalue weighted by molar-refractivity contribution is -0.131. The number of carboxylic acid groups (broad SMARTS) is 1.